The van der Waals surface area contributed by atoms with E-state index < -0.39 is 0 Å². The van der Waals surface area contributed by atoms with Crippen molar-refractivity contribution in [2.24, 2.45) is 0 Å². The van der Waals surface area contributed by atoms with Crippen LogP contribution in [0.5, 0.6) is 0 Å². The second-order valence-corrected chi connectivity index (χ2v) is 6.00. The smallest absolute Gasteiger partial charge is 0.123 e. The van der Waals surface area contributed by atoms with Crippen LogP contribution in [0.2, 0.25) is 5.02 Å². The number of halogens is 2. The number of rotatable bonds is 1. The summed E-state index contributed by atoms with van der Waals surface area (Å²) in [7, 11) is 0. The molecule has 0 bridgehead atoms. The van der Waals surface area contributed by atoms with E-state index in [-0.39, 0.29) is 5.82 Å². The molecule has 0 aliphatic heterocycles. The van der Waals surface area contributed by atoms with E-state index in [1.807, 2.05) is 45.0 Å². The van der Waals surface area contributed by atoms with Crippen LogP contribution in [0.4, 0.5) is 4.39 Å². The van der Waals surface area contributed by atoms with Gasteiger partial charge in [0.1, 0.15) is 5.82 Å². The molecule has 2 aromatic carbocycles. The number of aromatic nitrogens is 2. The van der Waals surface area contributed by atoms with Crippen molar-refractivity contribution < 1.29 is 4.39 Å². The number of fused-ring (bicyclic) bond motifs is 2. The van der Waals surface area contributed by atoms with Crippen molar-refractivity contribution in [3.63, 3.8) is 0 Å². The molecule has 0 aliphatic rings. The molecule has 0 radical (unpaired) electrons. The van der Waals surface area contributed by atoms with Gasteiger partial charge in [0.2, 0.25) is 0 Å². The van der Waals surface area contributed by atoms with E-state index in [0.29, 0.717) is 0 Å². The van der Waals surface area contributed by atoms with E-state index in [4.69, 9.17) is 11.6 Å². The molecule has 4 heteroatoms. The Morgan fingerprint density at radius 3 is 2.24 bits per heavy atom. The predicted molar refractivity (Wildman–Crippen MR) is 107 cm³/mol. The molecule has 0 spiro atoms. The van der Waals surface area contributed by atoms with Crippen LogP contribution in [0.3, 0.4) is 0 Å². The van der Waals surface area contributed by atoms with Gasteiger partial charge in [-0.2, -0.15) is 0 Å². The number of aromatic amines is 2. The molecule has 2 nitrogen and oxygen atoms in total. The van der Waals surface area contributed by atoms with Crippen LogP contribution in [0.15, 0.2) is 48.5 Å². The van der Waals surface area contributed by atoms with Gasteiger partial charge in [-0.3, -0.25) is 0 Å². The summed E-state index contributed by atoms with van der Waals surface area (Å²) in [4.78, 5) is 6.43. The van der Waals surface area contributed by atoms with Crippen molar-refractivity contribution in [2.45, 2.75) is 34.1 Å². The van der Waals surface area contributed by atoms with Crippen LogP contribution in [0, 0.1) is 12.7 Å². The Morgan fingerprint density at radius 1 is 0.880 bits per heavy atom. The molecule has 4 rings (SSSR count). The number of hydrogen-bond donors (Lipinski definition) is 2. The van der Waals surface area contributed by atoms with Crippen LogP contribution >= 0.6 is 11.6 Å². The fraction of sp³-hybridized carbons (Fsp3) is 0.238. The minimum Gasteiger partial charge on any atom is -0.359 e. The fourth-order valence-corrected chi connectivity index (χ4v) is 2.78. The highest BCUT2D eigenvalue weighted by molar-refractivity contribution is 6.31. The maximum absolute atomic E-state index is 12.7. The molecule has 0 saturated heterocycles. The Labute approximate surface area is 153 Å². The molecular weight excluding hydrogens is 335 g/mol. The molecule has 0 saturated carbocycles. The van der Waals surface area contributed by atoms with Crippen molar-refractivity contribution in [3.05, 3.63) is 70.8 Å². The van der Waals surface area contributed by atoms with Crippen LogP contribution in [-0.2, 0) is 6.42 Å². The first kappa shape index (κ1) is 19.1. The average Bonchev–Trinajstić information content (AvgIpc) is 3.18. The van der Waals surface area contributed by atoms with Crippen molar-refractivity contribution in [2.75, 3.05) is 0 Å². The van der Waals surface area contributed by atoms with Gasteiger partial charge in [-0.15, -0.1) is 0 Å². The molecule has 2 N–H and O–H groups in total. The maximum Gasteiger partial charge on any atom is 0.123 e. The Morgan fingerprint density at radius 2 is 1.52 bits per heavy atom. The van der Waals surface area contributed by atoms with Gasteiger partial charge >= 0.3 is 0 Å². The zero-order valence-corrected chi connectivity index (χ0v) is 15.8. The zero-order valence-electron chi connectivity index (χ0n) is 15.1. The number of benzene rings is 2. The Balaban J connectivity index is 0.000000165. The van der Waals surface area contributed by atoms with E-state index in [1.54, 1.807) is 12.1 Å². The van der Waals surface area contributed by atoms with Gasteiger partial charge in [0.25, 0.3) is 0 Å². The van der Waals surface area contributed by atoms with Gasteiger partial charge in [0.05, 0.1) is 0 Å². The minimum atomic E-state index is -0.177. The highest BCUT2D eigenvalue weighted by Crippen LogP contribution is 2.19. The Bertz CT molecular complexity index is 953. The lowest BCUT2D eigenvalue weighted by Crippen LogP contribution is -1.75. The SMILES string of the molecule is CC.CCc1cc2cc(F)ccc2[nH]1.Cc1cc2cc(Cl)ccc2[nH]1. The number of nitrogens with one attached hydrogen (secondary N) is 2. The Kier molecular flexibility index (Phi) is 6.65. The summed E-state index contributed by atoms with van der Waals surface area (Å²) in [6, 6.07) is 14.7. The lowest BCUT2D eigenvalue weighted by atomic mass is 10.2. The first-order valence-corrected chi connectivity index (χ1v) is 8.95. The average molecular weight is 359 g/mol. The summed E-state index contributed by atoms with van der Waals surface area (Å²) in [5.74, 6) is -0.177. The summed E-state index contributed by atoms with van der Waals surface area (Å²) in [6.07, 6.45) is 0.955. The van der Waals surface area contributed by atoms with Crippen LogP contribution in [-0.4, -0.2) is 9.97 Å². The third kappa shape index (κ3) is 4.86. The van der Waals surface area contributed by atoms with E-state index in [1.165, 1.54) is 17.1 Å². The van der Waals surface area contributed by atoms with Crippen LogP contribution in [0.25, 0.3) is 21.8 Å². The van der Waals surface area contributed by atoms with E-state index in [9.17, 15) is 4.39 Å². The van der Waals surface area contributed by atoms with Gasteiger partial charge in [-0.25, -0.2) is 4.39 Å². The largest absolute Gasteiger partial charge is 0.359 e. The van der Waals surface area contributed by atoms with Crippen molar-refractivity contribution in [1.29, 1.82) is 0 Å². The highest BCUT2D eigenvalue weighted by Gasteiger charge is 1.99. The second kappa shape index (κ2) is 8.72. The van der Waals surface area contributed by atoms with Crippen molar-refractivity contribution in [3.8, 4) is 0 Å². The molecule has 0 amide bonds. The van der Waals surface area contributed by atoms with Crippen LogP contribution in [0.1, 0.15) is 32.2 Å². The first-order chi connectivity index (χ1) is 12.0. The molecular formula is C21H24ClFN2. The zero-order chi connectivity index (χ0) is 18.4. The van der Waals surface area contributed by atoms with E-state index in [2.05, 4.69) is 23.0 Å². The molecule has 2 heterocycles. The molecule has 0 atom stereocenters. The van der Waals surface area contributed by atoms with Gasteiger partial charge in [-0.1, -0.05) is 32.4 Å². The molecule has 4 aromatic rings. The standard InChI is InChI=1S/C10H10FN.C9H8ClN.C2H6/c1-2-9-6-7-5-8(11)3-4-10(7)12-9;1-6-4-7-5-8(10)2-3-9(7)11-6;1-2/h3-6,12H,2H2,1H3;2-5,11H,1H3;1-2H3. The van der Waals surface area contributed by atoms with Gasteiger partial charge in [0.15, 0.2) is 0 Å². The second-order valence-electron chi connectivity index (χ2n) is 5.56. The molecule has 132 valence electrons. The first-order valence-electron chi connectivity index (χ1n) is 8.57. The van der Waals surface area contributed by atoms with E-state index in [0.717, 1.165) is 33.6 Å². The predicted octanol–water partition coefficient (Wildman–Crippen LogP) is 7.03. The lowest BCUT2D eigenvalue weighted by molar-refractivity contribution is 0.630. The molecule has 0 fully saturated rings. The highest BCUT2D eigenvalue weighted by atomic mass is 35.5. The van der Waals surface area contributed by atoms with E-state index >= 15 is 0 Å². The van der Waals surface area contributed by atoms with Gasteiger partial charge in [-0.05, 0) is 61.9 Å². The monoisotopic (exact) mass is 358 g/mol. The summed E-state index contributed by atoms with van der Waals surface area (Å²) in [5, 5.41) is 2.92. The fourth-order valence-electron chi connectivity index (χ4n) is 2.60. The third-order valence-corrected chi connectivity index (χ3v) is 3.97. The summed E-state index contributed by atoms with van der Waals surface area (Å²) in [6.45, 7) is 8.11. The Hall–Kier alpha value is -2.26. The summed E-state index contributed by atoms with van der Waals surface area (Å²) >= 11 is 5.81. The van der Waals surface area contributed by atoms with Gasteiger partial charge in [0, 0.05) is 38.2 Å². The summed E-state index contributed by atoms with van der Waals surface area (Å²) < 4.78 is 12.7. The van der Waals surface area contributed by atoms with Crippen molar-refractivity contribution >= 4 is 33.4 Å². The number of hydrogen-bond acceptors (Lipinski definition) is 0. The van der Waals surface area contributed by atoms with Crippen LogP contribution < -0.4 is 0 Å². The minimum absolute atomic E-state index is 0.177. The number of H-pyrrole nitrogens is 2. The topological polar surface area (TPSA) is 31.6 Å². The quantitative estimate of drug-likeness (QED) is 0.366. The maximum atomic E-state index is 12.7. The normalized spacial score (nSPS) is 10.2. The molecule has 0 aliphatic carbocycles. The summed E-state index contributed by atoms with van der Waals surface area (Å²) in [5.41, 5.74) is 4.47. The molecule has 2 aromatic heterocycles. The molecule has 0 unspecified atom stereocenters. The third-order valence-electron chi connectivity index (χ3n) is 3.74. The molecule has 25 heavy (non-hydrogen) atoms. The lowest BCUT2D eigenvalue weighted by Gasteiger charge is -1.88. The van der Waals surface area contributed by atoms with Crippen molar-refractivity contribution in [1.82, 2.24) is 9.97 Å². The number of aryl methyl sites for hydroxylation is 2. The van der Waals surface area contributed by atoms with Gasteiger partial charge < -0.3 is 9.97 Å².